The monoisotopic (exact) mass is 324 g/mol. The first-order valence-corrected chi connectivity index (χ1v) is 7.55. The fourth-order valence-corrected chi connectivity index (χ4v) is 2.26. The van der Waals surface area contributed by atoms with Crippen LogP contribution in [0.2, 0.25) is 0 Å². The number of carbonyl (C=O) groups excluding carboxylic acids is 1. The summed E-state index contributed by atoms with van der Waals surface area (Å²) in [5.74, 6) is -0.246. The summed E-state index contributed by atoms with van der Waals surface area (Å²) in [4.78, 5) is 16.8. The van der Waals surface area contributed by atoms with Gasteiger partial charge in [-0.05, 0) is 50.2 Å². The molecule has 0 atom stereocenters. The van der Waals surface area contributed by atoms with Gasteiger partial charge < -0.3 is 10.1 Å². The van der Waals surface area contributed by atoms with E-state index in [1.165, 1.54) is 24.3 Å². The molecule has 122 valence electrons. The fourth-order valence-electron chi connectivity index (χ4n) is 2.26. The van der Waals surface area contributed by atoms with Crippen LogP contribution in [0.1, 0.15) is 13.8 Å². The third-order valence-corrected chi connectivity index (χ3v) is 3.58. The van der Waals surface area contributed by atoms with Gasteiger partial charge in [0.25, 0.3) is 5.91 Å². The standard InChI is InChI=1S/C19H17FN2O2/c1-19(2,24-16-9-7-14(20)8-10-16)18(23)22-15-11-13-5-3-4-6-17(13)21-12-15/h3-12H,1-2H3,(H,22,23). The van der Waals surface area contributed by atoms with Crippen molar-refractivity contribution in [1.82, 2.24) is 4.98 Å². The zero-order valence-corrected chi connectivity index (χ0v) is 13.4. The first-order chi connectivity index (χ1) is 11.4. The summed E-state index contributed by atoms with van der Waals surface area (Å²) >= 11 is 0. The highest BCUT2D eigenvalue weighted by molar-refractivity contribution is 5.98. The lowest BCUT2D eigenvalue weighted by molar-refractivity contribution is -0.128. The van der Waals surface area contributed by atoms with E-state index in [1.54, 1.807) is 20.0 Å². The average molecular weight is 324 g/mol. The molecule has 0 unspecified atom stereocenters. The molecule has 0 aliphatic rings. The molecular weight excluding hydrogens is 307 g/mol. The first-order valence-electron chi connectivity index (χ1n) is 7.55. The number of nitrogens with one attached hydrogen (secondary N) is 1. The number of ether oxygens (including phenoxy) is 1. The fraction of sp³-hybridized carbons (Fsp3) is 0.158. The van der Waals surface area contributed by atoms with Gasteiger partial charge in [-0.2, -0.15) is 0 Å². The SMILES string of the molecule is CC(C)(Oc1ccc(F)cc1)C(=O)Nc1cnc2ccccc2c1. The average Bonchev–Trinajstić information content (AvgIpc) is 2.56. The van der Waals surface area contributed by atoms with Gasteiger partial charge in [0, 0.05) is 5.39 Å². The maximum Gasteiger partial charge on any atom is 0.268 e. The van der Waals surface area contributed by atoms with Gasteiger partial charge in [0.05, 0.1) is 17.4 Å². The Kier molecular flexibility index (Phi) is 4.16. The molecule has 1 heterocycles. The normalized spacial score (nSPS) is 11.3. The zero-order valence-electron chi connectivity index (χ0n) is 13.4. The van der Waals surface area contributed by atoms with Gasteiger partial charge in [0.1, 0.15) is 11.6 Å². The molecule has 0 aliphatic heterocycles. The van der Waals surface area contributed by atoms with Crippen molar-refractivity contribution in [3.63, 3.8) is 0 Å². The minimum atomic E-state index is -1.12. The van der Waals surface area contributed by atoms with Gasteiger partial charge in [-0.1, -0.05) is 18.2 Å². The molecule has 2 aromatic carbocycles. The molecule has 4 nitrogen and oxygen atoms in total. The molecule has 1 aromatic heterocycles. The van der Waals surface area contributed by atoms with Gasteiger partial charge in [0.15, 0.2) is 5.60 Å². The van der Waals surface area contributed by atoms with E-state index in [1.807, 2.05) is 30.3 Å². The minimum Gasteiger partial charge on any atom is -0.478 e. The minimum absolute atomic E-state index is 0.316. The predicted molar refractivity (Wildman–Crippen MR) is 91.5 cm³/mol. The number of nitrogens with zero attached hydrogens (tertiary/aromatic N) is 1. The van der Waals surface area contributed by atoms with Crippen LogP contribution in [0.4, 0.5) is 10.1 Å². The molecule has 0 spiro atoms. The zero-order chi connectivity index (χ0) is 17.2. The lowest BCUT2D eigenvalue weighted by Gasteiger charge is -2.25. The number of pyridine rings is 1. The van der Waals surface area contributed by atoms with E-state index in [0.29, 0.717) is 11.4 Å². The van der Waals surface area contributed by atoms with Crippen molar-refractivity contribution < 1.29 is 13.9 Å². The lowest BCUT2D eigenvalue weighted by atomic mass is 10.1. The van der Waals surface area contributed by atoms with Crippen LogP contribution in [0.25, 0.3) is 10.9 Å². The molecule has 1 N–H and O–H groups in total. The third kappa shape index (κ3) is 3.51. The van der Waals surface area contributed by atoms with Crippen molar-refractivity contribution in [3.05, 3.63) is 66.6 Å². The smallest absolute Gasteiger partial charge is 0.268 e. The molecular formula is C19H17FN2O2. The lowest BCUT2D eigenvalue weighted by Crippen LogP contribution is -2.42. The van der Waals surface area contributed by atoms with Crippen molar-refractivity contribution in [2.45, 2.75) is 19.4 Å². The van der Waals surface area contributed by atoms with E-state index in [4.69, 9.17) is 4.74 Å². The van der Waals surface area contributed by atoms with Crippen LogP contribution in [0, 0.1) is 5.82 Å². The summed E-state index contributed by atoms with van der Waals surface area (Å²) in [5, 5.41) is 3.74. The summed E-state index contributed by atoms with van der Waals surface area (Å²) in [6, 6.07) is 15.1. The van der Waals surface area contributed by atoms with Crippen LogP contribution in [0.3, 0.4) is 0 Å². The Hall–Kier alpha value is -2.95. The number of hydrogen-bond acceptors (Lipinski definition) is 3. The van der Waals surface area contributed by atoms with Crippen molar-refractivity contribution in [2.75, 3.05) is 5.32 Å². The summed E-state index contributed by atoms with van der Waals surface area (Å²) in [7, 11) is 0. The quantitative estimate of drug-likeness (QED) is 0.783. The third-order valence-electron chi connectivity index (χ3n) is 3.58. The number of fused-ring (bicyclic) bond motifs is 1. The van der Waals surface area contributed by atoms with Crippen molar-refractivity contribution in [3.8, 4) is 5.75 Å². The summed E-state index contributed by atoms with van der Waals surface area (Å²) in [5.41, 5.74) is 0.329. The molecule has 5 heteroatoms. The molecule has 3 aromatic rings. The van der Waals surface area contributed by atoms with Crippen molar-refractivity contribution in [2.24, 2.45) is 0 Å². The Morgan fingerprint density at radius 2 is 1.83 bits per heavy atom. The molecule has 0 radical (unpaired) electrons. The van der Waals surface area contributed by atoms with Crippen molar-refractivity contribution >= 4 is 22.5 Å². The van der Waals surface area contributed by atoms with Gasteiger partial charge in [-0.3, -0.25) is 9.78 Å². The molecule has 3 rings (SSSR count). The maximum atomic E-state index is 13.0. The van der Waals surface area contributed by atoms with E-state index in [-0.39, 0.29) is 11.7 Å². The topological polar surface area (TPSA) is 51.2 Å². The predicted octanol–water partition coefficient (Wildman–Crippen LogP) is 4.17. The second-order valence-corrected chi connectivity index (χ2v) is 5.94. The molecule has 0 aliphatic carbocycles. The second-order valence-electron chi connectivity index (χ2n) is 5.94. The summed E-state index contributed by atoms with van der Waals surface area (Å²) in [6.45, 7) is 3.31. The first kappa shape index (κ1) is 15.9. The summed E-state index contributed by atoms with van der Waals surface area (Å²) in [6.07, 6.45) is 1.61. The number of para-hydroxylation sites is 1. The highest BCUT2D eigenvalue weighted by Gasteiger charge is 2.30. The number of carbonyl (C=O) groups is 1. The van der Waals surface area contributed by atoms with Crippen LogP contribution in [0.5, 0.6) is 5.75 Å². The van der Waals surface area contributed by atoms with Crippen LogP contribution in [0.15, 0.2) is 60.8 Å². The Morgan fingerprint density at radius 1 is 1.12 bits per heavy atom. The molecule has 0 bridgehead atoms. The van der Waals surface area contributed by atoms with Crippen LogP contribution >= 0.6 is 0 Å². The van der Waals surface area contributed by atoms with E-state index in [9.17, 15) is 9.18 Å². The largest absolute Gasteiger partial charge is 0.478 e. The Bertz CT molecular complexity index is 876. The van der Waals surface area contributed by atoms with Gasteiger partial charge >= 0.3 is 0 Å². The van der Waals surface area contributed by atoms with E-state index in [0.717, 1.165) is 10.9 Å². The summed E-state index contributed by atoms with van der Waals surface area (Å²) < 4.78 is 18.6. The number of amides is 1. The molecule has 1 amide bonds. The number of anilines is 1. The Balaban J connectivity index is 1.75. The number of benzene rings is 2. The van der Waals surface area contributed by atoms with E-state index >= 15 is 0 Å². The second kappa shape index (κ2) is 6.28. The maximum absolute atomic E-state index is 13.0. The van der Waals surface area contributed by atoms with Crippen LogP contribution in [-0.4, -0.2) is 16.5 Å². The number of aromatic nitrogens is 1. The van der Waals surface area contributed by atoms with Gasteiger partial charge in [-0.15, -0.1) is 0 Å². The van der Waals surface area contributed by atoms with E-state index < -0.39 is 5.60 Å². The van der Waals surface area contributed by atoms with Crippen molar-refractivity contribution in [1.29, 1.82) is 0 Å². The number of halogens is 1. The molecule has 0 fully saturated rings. The molecule has 0 saturated carbocycles. The highest BCUT2D eigenvalue weighted by Crippen LogP contribution is 2.21. The number of rotatable bonds is 4. The highest BCUT2D eigenvalue weighted by atomic mass is 19.1. The Morgan fingerprint density at radius 3 is 2.58 bits per heavy atom. The van der Waals surface area contributed by atoms with Gasteiger partial charge in [-0.25, -0.2) is 4.39 Å². The van der Waals surface area contributed by atoms with E-state index in [2.05, 4.69) is 10.3 Å². The number of hydrogen-bond donors (Lipinski definition) is 1. The Labute approximate surface area is 139 Å². The molecule has 0 saturated heterocycles. The van der Waals surface area contributed by atoms with Crippen LogP contribution in [-0.2, 0) is 4.79 Å². The molecule has 24 heavy (non-hydrogen) atoms. The van der Waals surface area contributed by atoms with Gasteiger partial charge in [0.2, 0.25) is 0 Å². The van der Waals surface area contributed by atoms with Crippen LogP contribution < -0.4 is 10.1 Å².